The second-order valence-corrected chi connectivity index (χ2v) is 7.32. The zero-order chi connectivity index (χ0) is 22.4. The van der Waals surface area contributed by atoms with Crippen LogP contribution in [0.5, 0.6) is 0 Å². The van der Waals surface area contributed by atoms with E-state index in [1.54, 1.807) is 15.8 Å². The third-order valence-electron chi connectivity index (χ3n) is 5.01. The number of nitrogens with zero attached hydrogens (tertiary/aromatic N) is 4. The number of aromatic nitrogens is 2. The molecular formula is C21H26N6O4. The molecule has 2 heterocycles. The van der Waals surface area contributed by atoms with Gasteiger partial charge in [0.15, 0.2) is 0 Å². The summed E-state index contributed by atoms with van der Waals surface area (Å²) < 4.78 is 1.71. The van der Waals surface area contributed by atoms with Crippen molar-refractivity contribution in [2.24, 2.45) is 7.05 Å². The third kappa shape index (κ3) is 5.75. The van der Waals surface area contributed by atoms with Gasteiger partial charge in [0.1, 0.15) is 6.04 Å². The lowest BCUT2D eigenvalue weighted by Gasteiger charge is -2.36. The Morgan fingerprint density at radius 3 is 2.29 bits per heavy atom. The first kappa shape index (κ1) is 22.1. The number of rotatable bonds is 4. The highest BCUT2D eigenvalue weighted by molar-refractivity contribution is 5.87. The molecule has 2 aromatic rings. The molecular weight excluding hydrogens is 400 g/mol. The predicted molar refractivity (Wildman–Crippen MR) is 113 cm³/mol. The summed E-state index contributed by atoms with van der Waals surface area (Å²) in [6.45, 7) is 3.53. The molecule has 3 rings (SSSR count). The standard InChI is InChI=1S/C21H26N6O4/c1-15(28)19(20(29)24-31)23-21(30)27-11-9-26(10-12-27)18-7-5-16(6-8-18)3-4-17-13-22-25(2)14-17/h5-8,13-15,19,28,31H,9-12H2,1-2H3,(H,23,30)(H,24,29)/t15-,19+/m1/s1. The summed E-state index contributed by atoms with van der Waals surface area (Å²) in [6, 6.07) is 6.22. The number of urea groups is 1. The number of hydrogen-bond acceptors (Lipinski definition) is 6. The van der Waals surface area contributed by atoms with Crippen LogP contribution in [0, 0.1) is 11.8 Å². The van der Waals surface area contributed by atoms with Crippen molar-refractivity contribution < 1.29 is 19.9 Å². The molecule has 0 spiro atoms. The van der Waals surface area contributed by atoms with Gasteiger partial charge in [-0.2, -0.15) is 5.10 Å². The number of nitrogens with one attached hydrogen (secondary N) is 2. The second kappa shape index (κ2) is 9.97. The predicted octanol–water partition coefficient (Wildman–Crippen LogP) is -0.0937. The summed E-state index contributed by atoms with van der Waals surface area (Å²) in [5.74, 6) is 5.32. The number of hydrogen-bond donors (Lipinski definition) is 4. The molecule has 0 unspecified atom stereocenters. The van der Waals surface area contributed by atoms with E-state index in [9.17, 15) is 14.7 Å². The van der Waals surface area contributed by atoms with Crippen molar-refractivity contribution >= 4 is 17.6 Å². The first-order valence-corrected chi connectivity index (χ1v) is 9.90. The van der Waals surface area contributed by atoms with Gasteiger partial charge in [-0.3, -0.25) is 14.7 Å². The Bertz CT molecular complexity index is 968. The number of anilines is 1. The van der Waals surface area contributed by atoms with Crippen molar-refractivity contribution in [2.75, 3.05) is 31.1 Å². The average molecular weight is 426 g/mol. The number of piperazine rings is 1. The Balaban J connectivity index is 1.54. The molecule has 1 aromatic heterocycles. The lowest BCUT2D eigenvalue weighted by Crippen LogP contribution is -2.58. The van der Waals surface area contributed by atoms with Gasteiger partial charge in [0.05, 0.1) is 17.9 Å². The van der Waals surface area contributed by atoms with E-state index in [-0.39, 0.29) is 0 Å². The van der Waals surface area contributed by atoms with Crippen molar-refractivity contribution in [3.63, 3.8) is 0 Å². The van der Waals surface area contributed by atoms with E-state index in [0.29, 0.717) is 26.2 Å². The van der Waals surface area contributed by atoms with Gasteiger partial charge in [-0.05, 0) is 31.2 Å². The van der Waals surface area contributed by atoms with Gasteiger partial charge in [0, 0.05) is 50.7 Å². The molecule has 31 heavy (non-hydrogen) atoms. The number of amides is 3. The van der Waals surface area contributed by atoms with E-state index in [4.69, 9.17) is 5.21 Å². The van der Waals surface area contributed by atoms with Gasteiger partial charge < -0.3 is 20.2 Å². The highest BCUT2D eigenvalue weighted by atomic mass is 16.5. The number of aliphatic hydroxyl groups is 1. The van der Waals surface area contributed by atoms with E-state index in [2.05, 4.69) is 27.2 Å². The number of aryl methyl sites for hydroxylation is 1. The number of benzene rings is 1. The molecule has 0 saturated carbocycles. The molecule has 1 fully saturated rings. The fourth-order valence-corrected chi connectivity index (χ4v) is 3.25. The Morgan fingerprint density at radius 1 is 1.10 bits per heavy atom. The fraction of sp³-hybridized carbons (Fsp3) is 0.381. The van der Waals surface area contributed by atoms with Crippen LogP contribution in [0.3, 0.4) is 0 Å². The van der Waals surface area contributed by atoms with Gasteiger partial charge in [-0.15, -0.1) is 0 Å². The first-order chi connectivity index (χ1) is 14.9. The molecule has 0 bridgehead atoms. The second-order valence-electron chi connectivity index (χ2n) is 7.32. The maximum atomic E-state index is 12.4. The van der Waals surface area contributed by atoms with Crippen LogP contribution in [0.25, 0.3) is 0 Å². The molecule has 0 radical (unpaired) electrons. The smallest absolute Gasteiger partial charge is 0.318 e. The van der Waals surface area contributed by atoms with Crippen molar-refractivity contribution in [3.8, 4) is 11.8 Å². The van der Waals surface area contributed by atoms with Gasteiger partial charge in [0.2, 0.25) is 0 Å². The van der Waals surface area contributed by atoms with Crippen LogP contribution in [-0.4, -0.2) is 75.3 Å². The van der Waals surface area contributed by atoms with Crippen molar-refractivity contribution in [3.05, 3.63) is 47.8 Å². The molecule has 164 valence electrons. The molecule has 1 aliphatic rings. The average Bonchev–Trinajstić information content (AvgIpc) is 3.20. The number of carbonyl (C=O) groups is 2. The van der Waals surface area contributed by atoms with Crippen molar-refractivity contribution in [1.29, 1.82) is 0 Å². The summed E-state index contributed by atoms with van der Waals surface area (Å²) in [4.78, 5) is 27.7. The summed E-state index contributed by atoms with van der Waals surface area (Å²) in [7, 11) is 1.85. The molecule has 1 aliphatic heterocycles. The van der Waals surface area contributed by atoms with Gasteiger partial charge >= 0.3 is 6.03 Å². The topological polar surface area (TPSA) is 123 Å². The highest BCUT2D eigenvalue weighted by Crippen LogP contribution is 2.17. The molecule has 4 N–H and O–H groups in total. The Kier molecular flexibility index (Phi) is 7.12. The largest absolute Gasteiger partial charge is 0.391 e. The number of carbonyl (C=O) groups excluding carboxylic acids is 2. The lowest BCUT2D eigenvalue weighted by molar-refractivity contribution is -0.133. The summed E-state index contributed by atoms with van der Waals surface area (Å²) in [6.07, 6.45) is 2.44. The minimum absolute atomic E-state index is 0.460. The molecule has 10 nitrogen and oxygen atoms in total. The fourth-order valence-electron chi connectivity index (χ4n) is 3.25. The Hall–Kier alpha value is -3.55. The maximum absolute atomic E-state index is 12.4. The van der Waals surface area contributed by atoms with Crippen LogP contribution >= 0.6 is 0 Å². The van der Waals surface area contributed by atoms with Gasteiger partial charge in [0.25, 0.3) is 5.91 Å². The van der Waals surface area contributed by atoms with Crippen LogP contribution in [0.15, 0.2) is 36.7 Å². The Labute approximate surface area is 180 Å². The normalized spacial score (nSPS) is 15.5. The van der Waals surface area contributed by atoms with Crippen LogP contribution in [0.4, 0.5) is 10.5 Å². The van der Waals surface area contributed by atoms with Crippen LogP contribution in [-0.2, 0) is 11.8 Å². The van der Waals surface area contributed by atoms with Crippen molar-refractivity contribution in [2.45, 2.75) is 19.1 Å². The van der Waals surface area contributed by atoms with Gasteiger partial charge in [-0.1, -0.05) is 11.8 Å². The molecule has 10 heteroatoms. The quantitative estimate of drug-likeness (QED) is 0.308. The summed E-state index contributed by atoms with van der Waals surface area (Å²) in [5, 5.41) is 25.0. The van der Waals surface area contributed by atoms with Gasteiger partial charge in [-0.25, -0.2) is 10.3 Å². The highest BCUT2D eigenvalue weighted by Gasteiger charge is 2.29. The SMILES string of the molecule is C[C@@H](O)[C@H](NC(=O)N1CCN(c2ccc(C#Cc3cnn(C)c3)cc2)CC1)C(=O)NO. The van der Waals surface area contributed by atoms with Crippen LogP contribution < -0.4 is 15.7 Å². The summed E-state index contributed by atoms with van der Waals surface area (Å²) >= 11 is 0. The lowest BCUT2D eigenvalue weighted by atomic mass is 10.1. The number of aliphatic hydroxyl groups excluding tert-OH is 1. The van der Waals surface area contributed by atoms with E-state index in [0.717, 1.165) is 16.8 Å². The van der Waals surface area contributed by atoms with Crippen molar-refractivity contribution in [1.82, 2.24) is 25.5 Å². The molecule has 2 atom stereocenters. The zero-order valence-corrected chi connectivity index (χ0v) is 17.4. The third-order valence-corrected chi connectivity index (χ3v) is 5.01. The zero-order valence-electron chi connectivity index (χ0n) is 17.4. The minimum atomic E-state index is -1.23. The maximum Gasteiger partial charge on any atom is 0.318 e. The van der Waals surface area contributed by atoms with E-state index in [1.165, 1.54) is 12.4 Å². The van der Waals surface area contributed by atoms with E-state index < -0.39 is 24.1 Å². The van der Waals surface area contributed by atoms with Crippen LogP contribution in [0.2, 0.25) is 0 Å². The van der Waals surface area contributed by atoms with E-state index >= 15 is 0 Å². The monoisotopic (exact) mass is 426 g/mol. The molecule has 3 amide bonds. The van der Waals surface area contributed by atoms with E-state index in [1.807, 2.05) is 37.5 Å². The summed E-state index contributed by atoms with van der Waals surface area (Å²) in [5.41, 5.74) is 4.25. The molecule has 1 saturated heterocycles. The molecule has 1 aromatic carbocycles. The minimum Gasteiger partial charge on any atom is -0.391 e. The number of hydroxylamine groups is 1. The Morgan fingerprint density at radius 2 is 1.74 bits per heavy atom. The van der Waals surface area contributed by atoms with Crippen LogP contribution in [0.1, 0.15) is 18.1 Å². The molecule has 0 aliphatic carbocycles. The first-order valence-electron chi connectivity index (χ1n) is 9.90.